The van der Waals surface area contributed by atoms with E-state index in [4.69, 9.17) is 0 Å². The fourth-order valence-corrected chi connectivity index (χ4v) is 3.33. The number of rotatable bonds is 3. The lowest BCUT2D eigenvalue weighted by Gasteiger charge is -2.23. The number of aliphatic hydroxyl groups is 1. The molecule has 0 unspecified atom stereocenters. The minimum Gasteiger partial charge on any atom is -0.381 e. The highest BCUT2D eigenvalue weighted by Crippen LogP contribution is 2.36. The van der Waals surface area contributed by atoms with Gasteiger partial charge in [-0.15, -0.1) is 5.10 Å². The first-order chi connectivity index (χ1) is 12.0. The van der Waals surface area contributed by atoms with E-state index in [1.165, 1.54) is 12.1 Å². The Balaban J connectivity index is 1.66. The van der Waals surface area contributed by atoms with Gasteiger partial charge in [0.2, 0.25) is 0 Å². The van der Waals surface area contributed by atoms with E-state index in [0.29, 0.717) is 30.7 Å². The second-order valence-electron chi connectivity index (χ2n) is 6.87. The van der Waals surface area contributed by atoms with Crippen molar-refractivity contribution in [1.29, 1.82) is 0 Å². The smallest absolute Gasteiger partial charge is 0.129 e. The van der Waals surface area contributed by atoms with E-state index in [0.717, 1.165) is 11.1 Å². The van der Waals surface area contributed by atoms with Crippen LogP contribution in [-0.4, -0.2) is 38.2 Å². The normalized spacial score (nSPS) is 20.8. The van der Waals surface area contributed by atoms with Gasteiger partial charge < -0.3 is 10.0 Å². The summed E-state index contributed by atoms with van der Waals surface area (Å²) in [5.74, 6) is -0.305. The van der Waals surface area contributed by atoms with Gasteiger partial charge in [-0.1, -0.05) is 5.21 Å². The molecule has 0 aliphatic carbocycles. The highest BCUT2D eigenvalue weighted by Gasteiger charge is 2.40. The Bertz CT molecular complexity index is 925. The van der Waals surface area contributed by atoms with Gasteiger partial charge in [0.05, 0.1) is 18.3 Å². The summed E-state index contributed by atoms with van der Waals surface area (Å²) in [5, 5.41) is 20.2. The van der Waals surface area contributed by atoms with Gasteiger partial charge in [-0.2, -0.15) is 0 Å². The van der Waals surface area contributed by atoms with Crippen LogP contribution in [0.2, 0.25) is 0 Å². The number of nitrogens with zero attached hydrogens (tertiary/aromatic N) is 5. The SMILES string of the molecule is CC(C)n1cc([C@]2(O)CCN(c3ccnc4cc(F)ccc34)C2)nn1. The summed E-state index contributed by atoms with van der Waals surface area (Å²) in [7, 11) is 0. The Kier molecular flexibility index (Phi) is 3.68. The van der Waals surface area contributed by atoms with Crippen molar-refractivity contribution in [2.45, 2.75) is 31.9 Å². The highest BCUT2D eigenvalue weighted by atomic mass is 19.1. The predicted molar refractivity (Wildman–Crippen MR) is 92.8 cm³/mol. The molecule has 0 bridgehead atoms. The lowest BCUT2D eigenvalue weighted by atomic mass is 10.00. The Hall–Kier alpha value is -2.54. The summed E-state index contributed by atoms with van der Waals surface area (Å²) < 4.78 is 15.2. The molecule has 6 nitrogen and oxygen atoms in total. The topological polar surface area (TPSA) is 67.1 Å². The zero-order valence-corrected chi connectivity index (χ0v) is 14.2. The number of anilines is 1. The van der Waals surface area contributed by atoms with Crippen molar-refractivity contribution in [3.63, 3.8) is 0 Å². The van der Waals surface area contributed by atoms with E-state index >= 15 is 0 Å². The number of hydrogen-bond donors (Lipinski definition) is 1. The van der Waals surface area contributed by atoms with Gasteiger partial charge >= 0.3 is 0 Å². The standard InChI is InChI=1S/C18H20FN5O/c1-12(2)24-10-17(21-22-24)18(25)6-8-23(11-18)16-5-7-20-15-9-13(19)3-4-14(15)16/h3-5,7,9-10,12,25H,6,8,11H2,1-2H3/t18-/m0/s1. The number of fused-ring (bicyclic) bond motifs is 1. The molecular formula is C18H20FN5O. The van der Waals surface area contributed by atoms with Crippen molar-refractivity contribution < 1.29 is 9.50 Å². The van der Waals surface area contributed by atoms with Crippen molar-refractivity contribution >= 4 is 16.6 Å². The summed E-state index contributed by atoms with van der Waals surface area (Å²) >= 11 is 0. The number of pyridine rings is 1. The molecule has 0 saturated carbocycles. The molecule has 7 heteroatoms. The van der Waals surface area contributed by atoms with E-state index < -0.39 is 5.60 Å². The molecule has 3 aromatic rings. The predicted octanol–water partition coefficient (Wildman–Crippen LogP) is 2.64. The lowest BCUT2D eigenvalue weighted by molar-refractivity contribution is 0.0559. The Labute approximate surface area is 144 Å². The molecule has 1 aliphatic rings. The van der Waals surface area contributed by atoms with Gasteiger partial charge in [0.25, 0.3) is 0 Å². The van der Waals surface area contributed by atoms with Gasteiger partial charge in [-0.3, -0.25) is 4.98 Å². The number of hydrogen-bond acceptors (Lipinski definition) is 5. The van der Waals surface area contributed by atoms with Gasteiger partial charge in [0.1, 0.15) is 17.1 Å². The zero-order chi connectivity index (χ0) is 17.6. The van der Waals surface area contributed by atoms with E-state index in [-0.39, 0.29) is 11.9 Å². The first kappa shape index (κ1) is 16.0. The quantitative estimate of drug-likeness (QED) is 0.793. The molecule has 25 heavy (non-hydrogen) atoms. The van der Waals surface area contributed by atoms with Crippen LogP contribution in [0.5, 0.6) is 0 Å². The monoisotopic (exact) mass is 341 g/mol. The lowest BCUT2D eigenvalue weighted by Crippen LogP contribution is -2.31. The zero-order valence-electron chi connectivity index (χ0n) is 14.2. The minimum absolute atomic E-state index is 0.196. The largest absolute Gasteiger partial charge is 0.381 e. The number of β-amino-alcohol motifs (C(OH)–C–C–N with tert-alkyl or cyclic N) is 1. The van der Waals surface area contributed by atoms with Crippen molar-refractivity contribution in [2.24, 2.45) is 0 Å². The molecule has 1 aliphatic heterocycles. The first-order valence-corrected chi connectivity index (χ1v) is 8.40. The average molecular weight is 341 g/mol. The van der Waals surface area contributed by atoms with E-state index in [1.54, 1.807) is 16.9 Å². The molecule has 1 atom stereocenters. The summed E-state index contributed by atoms with van der Waals surface area (Å²) in [6, 6.07) is 6.69. The van der Waals surface area contributed by atoms with Crippen molar-refractivity contribution in [3.05, 3.63) is 48.2 Å². The van der Waals surface area contributed by atoms with Crippen molar-refractivity contribution in [2.75, 3.05) is 18.0 Å². The van der Waals surface area contributed by atoms with Crippen LogP contribution >= 0.6 is 0 Å². The maximum absolute atomic E-state index is 13.4. The van der Waals surface area contributed by atoms with Crippen LogP contribution in [0.25, 0.3) is 10.9 Å². The summed E-state index contributed by atoms with van der Waals surface area (Å²) in [5.41, 5.74) is 1.10. The molecule has 0 amide bonds. The maximum atomic E-state index is 13.4. The molecule has 1 aromatic carbocycles. The van der Waals surface area contributed by atoms with Gasteiger partial charge in [0, 0.05) is 42.3 Å². The van der Waals surface area contributed by atoms with Crippen LogP contribution < -0.4 is 4.90 Å². The van der Waals surface area contributed by atoms with Crippen LogP contribution in [-0.2, 0) is 5.60 Å². The summed E-state index contributed by atoms with van der Waals surface area (Å²) in [4.78, 5) is 6.33. The van der Waals surface area contributed by atoms with E-state index in [9.17, 15) is 9.50 Å². The maximum Gasteiger partial charge on any atom is 0.129 e. The Morgan fingerprint density at radius 3 is 2.88 bits per heavy atom. The van der Waals surface area contributed by atoms with Crippen molar-refractivity contribution in [1.82, 2.24) is 20.0 Å². The third-order valence-electron chi connectivity index (χ3n) is 4.79. The average Bonchev–Trinajstić information content (AvgIpc) is 3.22. The molecule has 130 valence electrons. The summed E-state index contributed by atoms with van der Waals surface area (Å²) in [6.45, 7) is 5.14. The van der Waals surface area contributed by atoms with Crippen LogP contribution in [0.3, 0.4) is 0 Å². The minimum atomic E-state index is -1.04. The van der Waals surface area contributed by atoms with Crippen LogP contribution in [0.4, 0.5) is 10.1 Å². The molecule has 2 aromatic heterocycles. The molecule has 1 N–H and O–H groups in total. The molecule has 3 heterocycles. The number of halogens is 1. The molecule has 4 rings (SSSR count). The van der Waals surface area contributed by atoms with Gasteiger partial charge in [-0.05, 0) is 32.0 Å². The molecule has 1 saturated heterocycles. The van der Waals surface area contributed by atoms with Crippen molar-refractivity contribution in [3.8, 4) is 0 Å². The third-order valence-corrected chi connectivity index (χ3v) is 4.79. The fourth-order valence-electron chi connectivity index (χ4n) is 3.33. The van der Waals surface area contributed by atoms with E-state index in [1.807, 2.05) is 26.1 Å². The number of benzene rings is 1. The Morgan fingerprint density at radius 1 is 1.28 bits per heavy atom. The second kappa shape index (κ2) is 5.77. The van der Waals surface area contributed by atoms with Crippen LogP contribution in [0.1, 0.15) is 32.0 Å². The summed E-state index contributed by atoms with van der Waals surface area (Å²) in [6.07, 6.45) is 4.05. The van der Waals surface area contributed by atoms with Gasteiger partial charge in [-0.25, -0.2) is 9.07 Å². The van der Waals surface area contributed by atoms with Crippen LogP contribution in [0, 0.1) is 5.82 Å². The molecule has 1 fully saturated rings. The molecular weight excluding hydrogens is 321 g/mol. The van der Waals surface area contributed by atoms with E-state index in [2.05, 4.69) is 20.2 Å². The fraction of sp³-hybridized carbons (Fsp3) is 0.389. The third kappa shape index (κ3) is 2.74. The van der Waals surface area contributed by atoms with Crippen LogP contribution in [0.15, 0.2) is 36.7 Å². The number of aromatic nitrogens is 4. The molecule has 0 radical (unpaired) electrons. The second-order valence-corrected chi connectivity index (χ2v) is 6.87. The molecule has 0 spiro atoms. The first-order valence-electron chi connectivity index (χ1n) is 8.40. The van der Waals surface area contributed by atoms with Gasteiger partial charge in [0.15, 0.2) is 0 Å². The highest BCUT2D eigenvalue weighted by molar-refractivity contribution is 5.91. The Morgan fingerprint density at radius 2 is 2.12 bits per heavy atom.